The Hall–Kier alpha value is -2.14. The molecular formula is C13H11N2+. The van der Waals surface area contributed by atoms with Gasteiger partial charge in [-0.15, -0.1) is 0 Å². The highest BCUT2D eigenvalue weighted by Crippen LogP contribution is 2.11. The molecule has 0 atom stereocenters. The third-order valence-electron chi connectivity index (χ3n) is 2.34. The lowest BCUT2D eigenvalue weighted by atomic mass is 10.1. The fourth-order valence-electron chi connectivity index (χ4n) is 1.63. The molecule has 2 heteroatoms. The molecule has 1 aromatic heterocycles. The molecule has 15 heavy (non-hydrogen) atoms. The number of aromatic nitrogens is 1. The van der Waals surface area contributed by atoms with Crippen LogP contribution in [0, 0.1) is 11.3 Å². The summed E-state index contributed by atoms with van der Waals surface area (Å²) in [5.41, 5.74) is 1.75. The number of hydrogen-bond acceptors (Lipinski definition) is 1. The van der Waals surface area contributed by atoms with E-state index in [0.29, 0.717) is 5.56 Å². The van der Waals surface area contributed by atoms with E-state index in [0.717, 1.165) is 17.4 Å². The number of hydrogen-bond donors (Lipinski definition) is 0. The van der Waals surface area contributed by atoms with Crippen molar-refractivity contribution in [3.8, 4) is 6.07 Å². The molecule has 0 aliphatic heterocycles. The number of rotatable bonds is 2. The average molecular weight is 195 g/mol. The van der Waals surface area contributed by atoms with Crippen molar-refractivity contribution < 1.29 is 4.57 Å². The van der Waals surface area contributed by atoms with Crippen LogP contribution in [0.5, 0.6) is 0 Å². The molecule has 2 nitrogen and oxygen atoms in total. The van der Waals surface area contributed by atoms with E-state index in [4.69, 9.17) is 5.26 Å². The predicted octanol–water partition coefficient (Wildman–Crippen LogP) is 2.18. The second-order valence-electron chi connectivity index (χ2n) is 3.33. The van der Waals surface area contributed by atoms with Crippen LogP contribution in [0.15, 0.2) is 49.2 Å². The molecule has 0 spiro atoms. The number of benzene rings is 1. The second-order valence-corrected chi connectivity index (χ2v) is 3.33. The number of nitrogens with zero attached hydrogens (tertiary/aromatic N) is 2. The Labute approximate surface area is 88.7 Å². The molecule has 0 aliphatic rings. The lowest BCUT2D eigenvalue weighted by Gasteiger charge is -1.98. The molecule has 0 bridgehead atoms. The minimum absolute atomic E-state index is 0.687. The molecule has 0 radical (unpaired) electrons. The highest BCUT2D eigenvalue weighted by molar-refractivity contribution is 5.76. The minimum Gasteiger partial charge on any atom is -0.195 e. The van der Waals surface area contributed by atoms with Gasteiger partial charge in [0, 0.05) is 17.5 Å². The fraction of sp³-hybridized carbons (Fsp3) is 0.0769. The van der Waals surface area contributed by atoms with E-state index in [1.54, 1.807) is 0 Å². The van der Waals surface area contributed by atoms with E-state index in [9.17, 15) is 0 Å². The van der Waals surface area contributed by atoms with Gasteiger partial charge in [-0.1, -0.05) is 6.58 Å². The minimum atomic E-state index is 0.687. The molecule has 2 rings (SSSR count). The van der Waals surface area contributed by atoms with Crippen LogP contribution in [0.25, 0.3) is 10.9 Å². The standard InChI is InChI=1S/C13H11N2/c1-2-7-15-8-3-4-12-6-5-11(10-14)9-13(12)15/h2-6,8-9H,1,7H2/q+1. The topological polar surface area (TPSA) is 27.7 Å². The average Bonchev–Trinajstić information content (AvgIpc) is 2.29. The zero-order chi connectivity index (χ0) is 10.7. The Balaban J connectivity index is 2.71. The van der Waals surface area contributed by atoms with E-state index in [2.05, 4.69) is 17.2 Å². The molecule has 1 aromatic carbocycles. The maximum absolute atomic E-state index is 8.84. The van der Waals surface area contributed by atoms with Crippen LogP contribution in [0.4, 0.5) is 0 Å². The van der Waals surface area contributed by atoms with E-state index in [-0.39, 0.29) is 0 Å². The largest absolute Gasteiger partial charge is 0.214 e. The zero-order valence-corrected chi connectivity index (χ0v) is 8.35. The molecule has 0 amide bonds. The molecule has 72 valence electrons. The van der Waals surface area contributed by atoms with Crippen molar-refractivity contribution in [2.24, 2.45) is 0 Å². The third kappa shape index (κ3) is 1.72. The van der Waals surface area contributed by atoms with Gasteiger partial charge in [0.1, 0.15) is 0 Å². The van der Waals surface area contributed by atoms with Crippen molar-refractivity contribution in [2.75, 3.05) is 0 Å². The smallest absolute Gasteiger partial charge is 0.195 e. The second kappa shape index (κ2) is 3.93. The normalized spacial score (nSPS) is 9.80. The van der Waals surface area contributed by atoms with Gasteiger partial charge in [-0.2, -0.15) is 9.83 Å². The van der Waals surface area contributed by atoms with Crippen molar-refractivity contribution in [2.45, 2.75) is 6.54 Å². The monoisotopic (exact) mass is 195 g/mol. The summed E-state index contributed by atoms with van der Waals surface area (Å²) in [5, 5.41) is 9.98. The van der Waals surface area contributed by atoms with Crippen LogP contribution >= 0.6 is 0 Å². The summed E-state index contributed by atoms with van der Waals surface area (Å²) in [4.78, 5) is 0. The SMILES string of the molecule is C=CC[n+]1cccc2ccc(C#N)cc21. The Kier molecular flexibility index (Phi) is 2.47. The Bertz CT molecular complexity index is 550. The van der Waals surface area contributed by atoms with Gasteiger partial charge in [-0.3, -0.25) is 0 Å². The van der Waals surface area contributed by atoms with Crippen molar-refractivity contribution in [1.82, 2.24) is 0 Å². The van der Waals surface area contributed by atoms with E-state index >= 15 is 0 Å². The van der Waals surface area contributed by atoms with Crippen molar-refractivity contribution in [3.05, 3.63) is 54.7 Å². The van der Waals surface area contributed by atoms with Gasteiger partial charge in [0.15, 0.2) is 12.7 Å². The summed E-state index contributed by atoms with van der Waals surface area (Å²) in [6, 6.07) is 11.9. The van der Waals surface area contributed by atoms with Crippen molar-refractivity contribution in [1.29, 1.82) is 5.26 Å². The zero-order valence-electron chi connectivity index (χ0n) is 8.35. The van der Waals surface area contributed by atoms with Crippen molar-refractivity contribution >= 4 is 10.9 Å². The first-order valence-corrected chi connectivity index (χ1v) is 4.78. The van der Waals surface area contributed by atoms with Gasteiger partial charge in [-0.25, -0.2) is 0 Å². The molecule has 0 saturated heterocycles. The highest BCUT2D eigenvalue weighted by atomic mass is 14.9. The molecule has 1 heterocycles. The maximum Gasteiger partial charge on any atom is 0.214 e. The summed E-state index contributed by atoms with van der Waals surface area (Å²) in [5.74, 6) is 0. The highest BCUT2D eigenvalue weighted by Gasteiger charge is 2.06. The lowest BCUT2D eigenvalue weighted by Crippen LogP contribution is -2.32. The first-order valence-electron chi connectivity index (χ1n) is 4.78. The van der Waals surface area contributed by atoms with E-state index in [1.165, 1.54) is 0 Å². The van der Waals surface area contributed by atoms with Crippen LogP contribution in [0.2, 0.25) is 0 Å². The Morgan fingerprint density at radius 3 is 3.00 bits per heavy atom. The molecule has 0 saturated carbocycles. The number of allylic oxidation sites excluding steroid dienone is 1. The molecule has 0 N–H and O–H groups in total. The lowest BCUT2D eigenvalue weighted by molar-refractivity contribution is -0.660. The first-order chi connectivity index (χ1) is 7.35. The molecule has 2 aromatic rings. The summed E-state index contributed by atoms with van der Waals surface area (Å²) in [6.45, 7) is 4.48. The van der Waals surface area contributed by atoms with Gasteiger partial charge in [0.05, 0.1) is 11.6 Å². The Morgan fingerprint density at radius 1 is 1.40 bits per heavy atom. The fourth-order valence-corrected chi connectivity index (χ4v) is 1.63. The summed E-state index contributed by atoms with van der Waals surface area (Å²) >= 11 is 0. The van der Waals surface area contributed by atoms with Crippen molar-refractivity contribution in [3.63, 3.8) is 0 Å². The molecular weight excluding hydrogens is 184 g/mol. The Morgan fingerprint density at radius 2 is 2.27 bits per heavy atom. The third-order valence-corrected chi connectivity index (χ3v) is 2.34. The van der Waals surface area contributed by atoms with Gasteiger partial charge in [0.25, 0.3) is 0 Å². The summed E-state index contributed by atoms with van der Waals surface area (Å²) in [6.07, 6.45) is 3.84. The van der Waals surface area contributed by atoms with Gasteiger partial charge < -0.3 is 0 Å². The van der Waals surface area contributed by atoms with Crippen LogP contribution in [-0.4, -0.2) is 0 Å². The summed E-state index contributed by atoms with van der Waals surface area (Å²) in [7, 11) is 0. The quantitative estimate of drug-likeness (QED) is 0.533. The summed E-state index contributed by atoms with van der Waals surface area (Å²) < 4.78 is 2.07. The first kappa shape index (κ1) is 9.42. The van der Waals surface area contributed by atoms with Crippen LogP contribution in [0.3, 0.4) is 0 Å². The van der Waals surface area contributed by atoms with Gasteiger partial charge in [-0.05, 0) is 24.3 Å². The maximum atomic E-state index is 8.84. The number of nitriles is 1. The number of pyridine rings is 1. The molecule has 0 unspecified atom stereocenters. The van der Waals surface area contributed by atoms with E-state index < -0.39 is 0 Å². The van der Waals surface area contributed by atoms with Gasteiger partial charge >= 0.3 is 0 Å². The van der Waals surface area contributed by atoms with Crippen LogP contribution in [0.1, 0.15) is 5.56 Å². The van der Waals surface area contributed by atoms with Crippen LogP contribution in [-0.2, 0) is 6.54 Å². The predicted molar refractivity (Wildman–Crippen MR) is 59.1 cm³/mol. The number of fused-ring (bicyclic) bond motifs is 1. The van der Waals surface area contributed by atoms with E-state index in [1.807, 2.05) is 42.6 Å². The molecule has 0 aliphatic carbocycles. The van der Waals surface area contributed by atoms with Gasteiger partial charge in [0.2, 0.25) is 5.52 Å². The molecule has 0 fully saturated rings. The van der Waals surface area contributed by atoms with Crippen LogP contribution < -0.4 is 4.57 Å².